The number of anilines is 1. The van der Waals surface area contributed by atoms with E-state index in [1.54, 1.807) is 59.0 Å². The number of hydrogen-bond acceptors (Lipinski definition) is 9. The largest absolute Gasteiger partial charge is 0.488 e. The van der Waals surface area contributed by atoms with Crippen molar-refractivity contribution >= 4 is 54.3 Å². The molecule has 14 heteroatoms. The average molecular weight is 614 g/mol. The summed E-state index contributed by atoms with van der Waals surface area (Å²) in [5, 5.41) is 13.2. The number of sulfonamides is 2. The van der Waals surface area contributed by atoms with Crippen LogP contribution in [0.5, 0.6) is 5.75 Å². The van der Waals surface area contributed by atoms with Crippen molar-refractivity contribution in [3.63, 3.8) is 0 Å². The zero-order valence-corrected chi connectivity index (χ0v) is 24.9. The minimum absolute atomic E-state index is 0.0170. The molecule has 3 atom stereocenters. The van der Waals surface area contributed by atoms with E-state index in [0.29, 0.717) is 11.3 Å². The van der Waals surface area contributed by atoms with Gasteiger partial charge in [0.05, 0.1) is 25.6 Å². The Kier molecular flexibility index (Phi) is 9.03. The second-order valence-corrected chi connectivity index (χ2v) is 15.5. The molecule has 3 heterocycles. The van der Waals surface area contributed by atoms with Crippen LogP contribution in [0.2, 0.25) is 0 Å². The summed E-state index contributed by atoms with van der Waals surface area (Å²) >= 11 is 2.21. The molecule has 1 aromatic carbocycles. The molecule has 0 aliphatic carbocycles. The second-order valence-electron chi connectivity index (χ2n) is 9.47. The zero-order chi connectivity index (χ0) is 28.4. The zero-order valence-electron chi connectivity index (χ0n) is 21.7. The molecule has 2 aromatic heterocycles. The first kappa shape index (κ1) is 29.5. The van der Waals surface area contributed by atoms with Crippen LogP contribution in [0.25, 0.3) is 0 Å². The van der Waals surface area contributed by atoms with Gasteiger partial charge in [0.25, 0.3) is 20.0 Å². The monoisotopic (exact) mass is 613 g/mol. The maximum atomic E-state index is 13.4. The molecule has 0 spiro atoms. The molecular weight excluding hydrogens is 583 g/mol. The van der Waals surface area contributed by atoms with Crippen LogP contribution in [0, 0.1) is 5.92 Å². The first-order chi connectivity index (χ1) is 18.4. The number of rotatable bonds is 9. The standard InChI is InChI=1S/C25H31N3O7S4/c1-17-14-28(18(2)16-29)23(30)13-19-12-20(26-38(31,32)24-6-4-10-36-24)8-9-21(19)35-22(17)15-27(3)39(33,34)25-7-5-11-37-25/h4-12,17-18,22,26,29H,13-16H2,1-3H3/t17-,18+,22-/m1/s1. The molecule has 212 valence electrons. The molecule has 1 aliphatic rings. The van der Waals surface area contributed by atoms with E-state index in [1.807, 2.05) is 6.92 Å². The Bertz CT molecular complexity index is 1490. The number of aliphatic hydroxyl groups excluding tert-OH is 1. The number of carbonyl (C=O) groups excluding carboxylic acids is 1. The van der Waals surface area contributed by atoms with E-state index < -0.39 is 32.2 Å². The summed E-state index contributed by atoms with van der Waals surface area (Å²) in [4.78, 5) is 14.9. The van der Waals surface area contributed by atoms with Gasteiger partial charge in [0.2, 0.25) is 5.91 Å². The summed E-state index contributed by atoms with van der Waals surface area (Å²) in [7, 11) is -6.07. The van der Waals surface area contributed by atoms with Gasteiger partial charge in [-0.2, -0.15) is 4.31 Å². The van der Waals surface area contributed by atoms with Crippen molar-refractivity contribution in [1.29, 1.82) is 0 Å². The van der Waals surface area contributed by atoms with Gasteiger partial charge in [-0.15, -0.1) is 22.7 Å². The van der Waals surface area contributed by atoms with Crippen molar-refractivity contribution in [2.75, 3.05) is 31.5 Å². The smallest absolute Gasteiger partial charge is 0.271 e. The maximum Gasteiger partial charge on any atom is 0.271 e. The summed E-state index contributed by atoms with van der Waals surface area (Å²) in [6.07, 6.45) is -0.728. The minimum Gasteiger partial charge on any atom is -0.488 e. The maximum absolute atomic E-state index is 13.4. The molecule has 0 unspecified atom stereocenters. The molecule has 0 saturated carbocycles. The van der Waals surface area contributed by atoms with Gasteiger partial charge in [-0.25, -0.2) is 16.8 Å². The number of nitrogens with one attached hydrogen (secondary N) is 1. The highest BCUT2D eigenvalue weighted by molar-refractivity contribution is 7.94. The first-order valence-corrected chi connectivity index (χ1v) is 16.9. The number of carbonyl (C=O) groups is 1. The van der Waals surface area contributed by atoms with Crippen LogP contribution in [0.3, 0.4) is 0 Å². The normalized spacial score (nSPS) is 19.5. The Labute approximate surface area is 236 Å². The molecule has 0 saturated heterocycles. The molecule has 0 radical (unpaired) electrons. The van der Waals surface area contributed by atoms with Crippen molar-refractivity contribution in [2.45, 2.75) is 40.8 Å². The van der Waals surface area contributed by atoms with Gasteiger partial charge in [0.1, 0.15) is 20.3 Å². The number of fused-ring (bicyclic) bond motifs is 1. The Morgan fingerprint density at radius 2 is 1.79 bits per heavy atom. The highest BCUT2D eigenvalue weighted by Crippen LogP contribution is 2.31. The van der Waals surface area contributed by atoms with Crippen LogP contribution in [0.4, 0.5) is 5.69 Å². The SMILES string of the molecule is C[C@@H]1CN([C@@H](C)CO)C(=O)Cc2cc(NS(=O)(=O)c3cccs3)ccc2O[C@@H]1CN(C)S(=O)(=O)c1cccs1. The minimum atomic E-state index is -3.81. The number of amides is 1. The number of aliphatic hydroxyl groups is 1. The molecule has 1 amide bonds. The third-order valence-electron chi connectivity index (χ3n) is 6.53. The van der Waals surface area contributed by atoms with Crippen molar-refractivity contribution in [3.8, 4) is 5.75 Å². The van der Waals surface area contributed by atoms with Crippen LogP contribution in [0.15, 0.2) is 61.6 Å². The van der Waals surface area contributed by atoms with Crippen molar-refractivity contribution < 1.29 is 31.5 Å². The van der Waals surface area contributed by atoms with Gasteiger partial charge in [-0.1, -0.05) is 19.1 Å². The molecule has 1 aliphatic heterocycles. The van der Waals surface area contributed by atoms with Crippen molar-refractivity contribution in [1.82, 2.24) is 9.21 Å². The molecule has 2 N–H and O–H groups in total. The van der Waals surface area contributed by atoms with Crippen LogP contribution >= 0.6 is 22.7 Å². The predicted octanol–water partition coefficient (Wildman–Crippen LogP) is 3.08. The summed E-state index contributed by atoms with van der Waals surface area (Å²) in [5.74, 6) is -0.196. The van der Waals surface area contributed by atoms with Crippen LogP contribution < -0.4 is 9.46 Å². The number of thiophene rings is 2. The fourth-order valence-electron chi connectivity index (χ4n) is 4.25. The lowest BCUT2D eigenvalue weighted by atomic mass is 10.0. The quantitative estimate of drug-likeness (QED) is 0.379. The van der Waals surface area contributed by atoms with Gasteiger partial charge >= 0.3 is 0 Å². The van der Waals surface area contributed by atoms with Gasteiger partial charge in [-0.05, 0) is 48.0 Å². The van der Waals surface area contributed by atoms with E-state index in [4.69, 9.17) is 4.74 Å². The number of likely N-dealkylation sites (N-methyl/N-ethyl adjacent to an activating group) is 1. The number of ether oxygens (including phenoxy) is 1. The van der Waals surface area contributed by atoms with E-state index in [-0.39, 0.29) is 52.0 Å². The second kappa shape index (κ2) is 11.9. The van der Waals surface area contributed by atoms with E-state index in [0.717, 1.165) is 22.7 Å². The average Bonchev–Trinajstić information content (AvgIpc) is 3.62. The highest BCUT2D eigenvalue weighted by atomic mass is 32.3. The fourth-order valence-corrected chi connectivity index (χ4v) is 8.67. The Morgan fingerprint density at radius 3 is 2.41 bits per heavy atom. The van der Waals surface area contributed by atoms with Gasteiger partial charge < -0.3 is 14.7 Å². The summed E-state index contributed by atoms with van der Waals surface area (Å²) < 4.78 is 62.3. The van der Waals surface area contributed by atoms with Gasteiger partial charge in [0, 0.05) is 30.8 Å². The summed E-state index contributed by atoms with van der Waals surface area (Å²) in [6.45, 7) is 3.62. The van der Waals surface area contributed by atoms with E-state index in [9.17, 15) is 26.7 Å². The number of benzene rings is 1. The lowest BCUT2D eigenvalue weighted by Crippen LogP contribution is -2.48. The number of hydrogen-bond donors (Lipinski definition) is 2. The van der Waals surface area contributed by atoms with Crippen LogP contribution in [0.1, 0.15) is 19.4 Å². The van der Waals surface area contributed by atoms with E-state index in [2.05, 4.69) is 4.72 Å². The molecule has 0 fully saturated rings. The van der Waals surface area contributed by atoms with Crippen LogP contribution in [-0.2, 0) is 31.3 Å². The Balaban J connectivity index is 1.68. The number of nitrogens with zero attached hydrogens (tertiary/aromatic N) is 2. The predicted molar refractivity (Wildman–Crippen MR) is 151 cm³/mol. The molecule has 39 heavy (non-hydrogen) atoms. The molecular formula is C25H31N3O7S4. The van der Waals surface area contributed by atoms with Crippen molar-refractivity contribution in [2.24, 2.45) is 5.92 Å². The summed E-state index contributed by atoms with van der Waals surface area (Å²) in [6, 6.07) is 10.6. The van der Waals surface area contributed by atoms with Crippen molar-refractivity contribution in [3.05, 3.63) is 58.8 Å². The topological polar surface area (TPSA) is 133 Å². The van der Waals surface area contributed by atoms with E-state index >= 15 is 0 Å². The third kappa shape index (κ3) is 6.64. The lowest BCUT2D eigenvalue weighted by Gasteiger charge is -2.33. The molecule has 10 nitrogen and oxygen atoms in total. The lowest BCUT2D eigenvalue weighted by molar-refractivity contribution is -0.134. The fraction of sp³-hybridized carbons (Fsp3) is 0.400. The Hall–Kier alpha value is -2.49. The molecule has 3 aromatic rings. The third-order valence-corrected chi connectivity index (χ3v) is 12.5. The van der Waals surface area contributed by atoms with Gasteiger partial charge in [-0.3, -0.25) is 9.52 Å². The highest BCUT2D eigenvalue weighted by Gasteiger charge is 2.34. The van der Waals surface area contributed by atoms with Gasteiger partial charge in [0.15, 0.2) is 0 Å². The molecule has 0 bridgehead atoms. The first-order valence-electron chi connectivity index (χ1n) is 12.2. The van der Waals surface area contributed by atoms with E-state index in [1.165, 1.54) is 17.4 Å². The van der Waals surface area contributed by atoms with Crippen LogP contribution in [-0.4, -0.2) is 75.9 Å². The molecule has 4 rings (SSSR count). The summed E-state index contributed by atoms with van der Waals surface area (Å²) in [5.41, 5.74) is 0.714. The Morgan fingerprint density at radius 1 is 1.13 bits per heavy atom.